The first-order valence-electron chi connectivity index (χ1n) is 5.82. The summed E-state index contributed by atoms with van der Waals surface area (Å²) in [6.07, 6.45) is 5.42. The van der Waals surface area contributed by atoms with Crippen LogP contribution in [0.4, 0.5) is 0 Å². The van der Waals surface area contributed by atoms with Crippen LogP contribution in [0.2, 0.25) is 0 Å². The Morgan fingerprint density at radius 1 is 1.50 bits per heavy atom. The second-order valence-corrected chi connectivity index (χ2v) is 6.70. The Bertz CT molecular complexity index is 336. The lowest BCUT2D eigenvalue weighted by Gasteiger charge is -2.38. The fourth-order valence-electron chi connectivity index (χ4n) is 2.55. The van der Waals surface area contributed by atoms with Crippen LogP contribution in [0, 0.1) is 0 Å². The maximum absolute atomic E-state index is 11.0. The van der Waals surface area contributed by atoms with Crippen LogP contribution >= 0.6 is 0 Å². The molecule has 0 aliphatic carbocycles. The molecule has 0 aromatic heterocycles. The molecule has 0 aromatic carbocycles. The van der Waals surface area contributed by atoms with Gasteiger partial charge in [0.25, 0.3) is 0 Å². The molecule has 2 aliphatic rings. The molecular weight excluding hydrogens is 228 g/mol. The molecule has 0 unspecified atom stereocenters. The summed E-state index contributed by atoms with van der Waals surface area (Å²) in [6.45, 7) is 2.31. The molecule has 2 fully saturated rings. The van der Waals surface area contributed by atoms with Crippen molar-refractivity contribution < 1.29 is 13.2 Å². The van der Waals surface area contributed by atoms with Gasteiger partial charge in [-0.05, 0) is 32.2 Å². The zero-order valence-electron chi connectivity index (χ0n) is 9.66. The number of rotatable bonds is 3. The summed E-state index contributed by atoms with van der Waals surface area (Å²) in [4.78, 5) is 0. The van der Waals surface area contributed by atoms with Crippen molar-refractivity contribution in [2.45, 2.75) is 37.4 Å². The van der Waals surface area contributed by atoms with E-state index >= 15 is 0 Å². The Morgan fingerprint density at radius 2 is 2.31 bits per heavy atom. The summed E-state index contributed by atoms with van der Waals surface area (Å²) in [7, 11) is -3.10. The molecule has 16 heavy (non-hydrogen) atoms. The van der Waals surface area contributed by atoms with E-state index in [2.05, 4.69) is 10.0 Å². The van der Waals surface area contributed by atoms with Gasteiger partial charge in [0.15, 0.2) is 0 Å². The average Bonchev–Trinajstić information content (AvgIpc) is 2.63. The molecule has 2 rings (SSSR count). The summed E-state index contributed by atoms with van der Waals surface area (Å²) in [5.74, 6) is 0. The lowest BCUT2D eigenvalue weighted by Crippen LogP contribution is -2.46. The van der Waals surface area contributed by atoms with Crippen molar-refractivity contribution in [3.8, 4) is 0 Å². The summed E-state index contributed by atoms with van der Waals surface area (Å²) in [5.41, 5.74) is -0.0257. The number of ether oxygens (including phenoxy) is 1. The molecule has 2 aliphatic heterocycles. The number of hydrogen-bond donors (Lipinski definition) is 2. The van der Waals surface area contributed by atoms with E-state index in [9.17, 15) is 8.42 Å². The third-order valence-electron chi connectivity index (χ3n) is 3.35. The highest BCUT2D eigenvalue weighted by atomic mass is 32.2. The Kier molecular flexibility index (Phi) is 3.53. The topological polar surface area (TPSA) is 67.4 Å². The van der Waals surface area contributed by atoms with Crippen molar-refractivity contribution in [3.05, 3.63) is 0 Å². The van der Waals surface area contributed by atoms with E-state index in [1.807, 2.05) is 0 Å². The van der Waals surface area contributed by atoms with Gasteiger partial charge in [-0.1, -0.05) is 0 Å². The molecule has 2 atom stereocenters. The van der Waals surface area contributed by atoms with Crippen molar-refractivity contribution in [2.75, 3.05) is 25.9 Å². The Morgan fingerprint density at radius 3 is 2.94 bits per heavy atom. The minimum atomic E-state index is -3.10. The Balaban J connectivity index is 1.87. The van der Waals surface area contributed by atoms with E-state index < -0.39 is 10.0 Å². The van der Waals surface area contributed by atoms with Gasteiger partial charge >= 0.3 is 0 Å². The largest absolute Gasteiger partial charge is 0.369 e. The molecule has 94 valence electrons. The Hall–Kier alpha value is -0.170. The molecular formula is C10H20N2O3S. The van der Waals surface area contributed by atoms with Gasteiger partial charge in [0.2, 0.25) is 10.0 Å². The van der Waals surface area contributed by atoms with Crippen molar-refractivity contribution in [2.24, 2.45) is 0 Å². The van der Waals surface area contributed by atoms with E-state index in [1.165, 1.54) is 6.26 Å². The smallest absolute Gasteiger partial charge is 0.208 e. The highest BCUT2D eigenvalue weighted by molar-refractivity contribution is 7.88. The third-order valence-corrected chi connectivity index (χ3v) is 4.04. The molecule has 0 amide bonds. The number of nitrogens with one attached hydrogen (secondary N) is 2. The van der Waals surface area contributed by atoms with E-state index in [0.717, 1.165) is 38.8 Å². The fourth-order valence-corrected chi connectivity index (χ4v) is 3.03. The lowest BCUT2D eigenvalue weighted by atomic mass is 9.91. The molecule has 1 spiro atoms. The second kappa shape index (κ2) is 4.60. The van der Waals surface area contributed by atoms with E-state index in [-0.39, 0.29) is 11.7 Å². The monoisotopic (exact) mass is 248 g/mol. The molecule has 0 radical (unpaired) electrons. The van der Waals surface area contributed by atoms with E-state index in [1.54, 1.807) is 0 Å². The van der Waals surface area contributed by atoms with Crippen LogP contribution in [-0.4, -0.2) is 46.0 Å². The fraction of sp³-hybridized carbons (Fsp3) is 1.00. The van der Waals surface area contributed by atoms with Crippen molar-refractivity contribution in [1.29, 1.82) is 0 Å². The standard InChI is InChI=1S/C10H20N2O3S/c1-16(13,14)12-7-9-3-2-4-10(15-9)5-6-11-8-10/h9,11-12H,2-8H2,1H3/t9-,10+/m0/s1. The first-order chi connectivity index (χ1) is 7.49. The summed E-state index contributed by atoms with van der Waals surface area (Å²) >= 11 is 0. The Labute approximate surface area is 97.0 Å². The molecule has 5 nitrogen and oxygen atoms in total. The maximum atomic E-state index is 11.0. The highest BCUT2D eigenvalue weighted by Gasteiger charge is 2.39. The van der Waals surface area contributed by atoms with Crippen LogP contribution in [0.5, 0.6) is 0 Å². The van der Waals surface area contributed by atoms with Crippen LogP contribution in [0.15, 0.2) is 0 Å². The predicted octanol–water partition coefficient (Wildman–Crippen LogP) is -0.163. The highest BCUT2D eigenvalue weighted by Crippen LogP contribution is 2.33. The normalized spacial score (nSPS) is 35.7. The average molecular weight is 248 g/mol. The van der Waals surface area contributed by atoms with Gasteiger partial charge in [0.05, 0.1) is 18.0 Å². The zero-order valence-corrected chi connectivity index (χ0v) is 10.5. The van der Waals surface area contributed by atoms with Gasteiger partial charge < -0.3 is 10.1 Å². The van der Waals surface area contributed by atoms with E-state index in [4.69, 9.17) is 4.74 Å². The maximum Gasteiger partial charge on any atom is 0.208 e. The predicted molar refractivity (Wildman–Crippen MR) is 61.8 cm³/mol. The van der Waals surface area contributed by atoms with Gasteiger partial charge in [-0.2, -0.15) is 0 Å². The summed E-state index contributed by atoms with van der Waals surface area (Å²) < 4.78 is 30.6. The molecule has 0 bridgehead atoms. The van der Waals surface area contributed by atoms with Gasteiger partial charge in [0, 0.05) is 13.1 Å². The summed E-state index contributed by atoms with van der Waals surface area (Å²) in [6, 6.07) is 0. The van der Waals surface area contributed by atoms with Gasteiger partial charge in [-0.15, -0.1) is 0 Å². The van der Waals surface area contributed by atoms with Gasteiger partial charge in [0.1, 0.15) is 0 Å². The molecule has 2 saturated heterocycles. The van der Waals surface area contributed by atoms with Gasteiger partial charge in [-0.25, -0.2) is 13.1 Å². The number of hydrogen-bond acceptors (Lipinski definition) is 4. The number of sulfonamides is 1. The lowest BCUT2D eigenvalue weighted by molar-refractivity contribution is -0.113. The first-order valence-corrected chi connectivity index (χ1v) is 7.71. The van der Waals surface area contributed by atoms with Crippen LogP contribution < -0.4 is 10.0 Å². The van der Waals surface area contributed by atoms with Crippen LogP contribution in [0.1, 0.15) is 25.7 Å². The second-order valence-electron chi connectivity index (χ2n) is 4.86. The SMILES string of the molecule is CS(=O)(=O)NC[C@@H]1CCC[C@]2(CCNC2)O1. The van der Waals surface area contributed by atoms with Crippen molar-refractivity contribution >= 4 is 10.0 Å². The third kappa shape index (κ3) is 3.16. The van der Waals surface area contributed by atoms with Crippen LogP contribution in [-0.2, 0) is 14.8 Å². The minimum absolute atomic E-state index is 0.0257. The molecule has 2 heterocycles. The van der Waals surface area contributed by atoms with Gasteiger partial charge in [-0.3, -0.25) is 0 Å². The van der Waals surface area contributed by atoms with Crippen LogP contribution in [0.3, 0.4) is 0 Å². The summed E-state index contributed by atoms with van der Waals surface area (Å²) in [5, 5.41) is 3.31. The molecule has 6 heteroatoms. The van der Waals surface area contributed by atoms with Crippen molar-refractivity contribution in [1.82, 2.24) is 10.0 Å². The quantitative estimate of drug-likeness (QED) is 0.728. The zero-order chi connectivity index (χ0) is 11.6. The minimum Gasteiger partial charge on any atom is -0.369 e. The first kappa shape index (κ1) is 12.3. The molecule has 0 aromatic rings. The van der Waals surface area contributed by atoms with Crippen molar-refractivity contribution in [3.63, 3.8) is 0 Å². The molecule has 0 saturated carbocycles. The van der Waals surface area contributed by atoms with E-state index in [0.29, 0.717) is 6.54 Å². The molecule has 2 N–H and O–H groups in total. The van der Waals surface area contributed by atoms with Crippen LogP contribution in [0.25, 0.3) is 0 Å².